The Bertz CT molecular complexity index is 803. The average Bonchev–Trinajstić information content (AvgIpc) is 2.63. The molecule has 0 unspecified atom stereocenters. The SMILES string of the molecule is O=C(Nc1ccc(OCc2ccc(Cl)cc2)cc1)c1ccncc1. The van der Waals surface area contributed by atoms with Gasteiger partial charge in [-0.1, -0.05) is 23.7 Å². The highest BCUT2D eigenvalue weighted by atomic mass is 35.5. The minimum Gasteiger partial charge on any atom is -0.489 e. The molecule has 3 rings (SSSR count). The Kier molecular flexibility index (Phi) is 5.08. The van der Waals surface area contributed by atoms with Crippen LogP contribution in [0.2, 0.25) is 5.02 Å². The van der Waals surface area contributed by atoms with Gasteiger partial charge in [0.2, 0.25) is 0 Å². The van der Waals surface area contributed by atoms with Gasteiger partial charge in [0.1, 0.15) is 12.4 Å². The summed E-state index contributed by atoms with van der Waals surface area (Å²) in [6.45, 7) is 0.458. The second kappa shape index (κ2) is 7.62. The molecule has 2 aromatic carbocycles. The van der Waals surface area contributed by atoms with Gasteiger partial charge in [0.05, 0.1) is 0 Å². The van der Waals surface area contributed by atoms with Gasteiger partial charge in [-0.2, -0.15) is 0 Å². The Balaban J connectivity index is 1.57. The summed E-state index contributed by atoms with van der Waals surface area (Å²) < 4.78 is 5.71. The molecule has 0 saturated carbocycles. The molecule has 0 aliphatic rings. The molecule has 0 spiro atoms. The molecule has 1 N–H and O–H groups in total. The summed E-state index contributed by atoms with van der Waals surface area (Å²) in [4.78, 5) is 15.9. The maximum absolute atomic E-state index is 12.1. The minimum absolute atomic E-state index is 0.174. The van der Waals surface area contributed by atoms with E-state index in [1.165, 1.54) is 0 Å². The normalized spacial score (nSPS) is 10.2. The first-order valence-electron chi connectivity index (χ1n) is 7.39. The summed E-state index contributed by atoms with van der Waals surface area (Å²) in [5, 5.41) is 3.53. The van der Waals surface area contributed by atoms with Crippen molar-refractivity contribution in [3.8, 4) is 5.75 Å². The number of aromatic nitrogens is 1. The number of amides is 1. The van der Waals surface area contributed by atoms with Crippen molar-refractivity contribution in [2.75, 3.05) is 5.32 Å². The fraction of sp³-hybridized carbons (Fsp3) is 0.0526. The van der Waals surface area contributed by atoms with Crippen molar-refractivity contribution < 1.29 is 9.53 Å². The standard InChI is InChI=1S/C19H15ClN2O2/c20-16-3-1-14(2-4-16)13-24-18-7-5-17(6-8-18)22-19(23)15-9-11-21-12-10-15/h1-12H,13H2,(H,22,23). The van der Waals surface area contributed by atoms with Gasteiger partial charge >= 0.3 is 0 Å². The molecule has 0 aliphatic carbocycles. The Labute approximate surface area is 145 Å². The van der Waals surface area contributed by atoms with Crippen molar-refractivity contribution in [1.82, 2.24) is 4.98 Å². The van der Waals surface area contributed by atoms with Crippen LogP contribution >= 0.6 is 11.6 Å². The smallest absolute Gasteiger partial charge is 0.255 e. The zero-order chi connectivity index (χ0) is 16.8. The summed E-state index contributed by atoms with van der Waals surface area (Å²) in [6.07, 6.45) is 3.17. The molecular formula is C19H15ClN2O2. The average molecular weight is 339 g/mol. The second-order valence-electron chi connectivity index (χ2n) is 5.13. The highest BCUT2D eigenvalue weighted by Crippen LogP contribution is 2.18. The highest BCUT2D eigenvalue weighted by Gasteiger charge is 2.05. The van der Waals surface area contributed by atoms with Gasteiger partial charge in [-0.05, 0) is 54.1 Å². The monoisotopic (exact) mass is 338 g/mol. The van der Waals surface area contributed by atoms with Crippen molar-refractivity contribution in [2.45, 2.75) is 6.61 Å². The molecule has 5 heteroatoms. The maximum Gasteiger partial charge on any atom is 0.255 e. The summed E-state index contributed by atoms with van der Waals surface area (Å²) in [5.41, 5.74) is 2.30. The van der Waals surface area contributed by atoms with E-state index in [0.29, 0.717) is 22.9 Å². The number of pyridine rings is 1. The summed E-state index contributed by atoms with van der Waals surface area (Å²) >= 11 is 5.85. The molecule has 1 amide bonds. The van der Waals surface area contributed by atoms with Crippen LogP contribution in [0.25, 0.3) is 0 Å². The quantitative estimate of drug-likeness (QED) is 0.741. The molecule has 0 fully saturated rings. The number of carbonyl (C=O) groups is 1. The fourth-order valence-electron chi connectivity index (χ4n) is 2.09. The van der Waals surface area contributed by atoms with Crippen LogP contribution in [0.3, 0.4) is 0 Å². The molecule has 1 aromatic heterocycles. The number of halogens is 1. The number of rotatable bonds is 5. The summed E-state index contributed by atoms with van der Waals surface area (Å²) in [5.74, 6) is 0.555. The largest absolute Gasteiger partial charge is 0.489 e. The number of benzene rings is 2. The van der Waals surface area contributed by atoms with Crippen LogP contribution in [0.1, 0.15) is 15.9 Å². The topological polar surface area (TPSA) is 51.2 Å². The number of hydrogen-bond acceptors (Lipinski definition) is 3. The Morgan fingerprint density at radius 1 is 0.958 bits per heavy atom. The molecule has 0 aliphatic heterocycles. The maximum atomic E-state index is 12.1. The van der Waals surface area contributed by atoms with E-state index in [0.717, 1.165) is 11.3 Å². The van der Waals surface area contributed by atoms with Crippen molar-refractivity contribution in [3.63, 3.8) is 0 Å². The van der Waals surface area contributed by atoms with E-state index in [9.17, 15) is 4.79 Å². The van der Waals surface area contributed by atoms with Crippen molar-refractivity contribution >= 4 is 23.2 Å². The Hall–Kier alpha value is -2.85. The molecular weight excluding hydrogens is 324 g/mol. The number of nitrogens with one attached hydrogen (secondary N) is 1. The predicted molar refractivity (Wildman–Crippen MR) is 94.4 cm³/mol. The Morgan fingerprint density at radius 2 is 1.62 bits per heavy atom. The molecule has 0 atom stereocenters. The van der Waals surface area contributed by atoms with Gasteiger partial charge in [-0.3, -0.25) is 9.78 Å². The van der Waals surface area contributed by atoms with Crippen molar-refractivity contribution in [2.24, 2.45) is 0 Å². The number of hydrogen-bond donors (Lipinski definition) is 1. The van der Waals surface area contributed by atoms with Crippen LogP contribution in [-0.2, 0) is 6.61 Å². The van der Waals surface area contributed by atoms with Gasteiger partial charge in [-0.15, -0.1) is 0 Å². The lowest BCUT2D eigenvalue weighted by Gasteiger charge is -2.08. The van der Waals surface area contributed by atoms with Gasteiger partial charge in [0.25, 0.3) is 5.91 Å². The van der Waals surface area contributed by atoms with E-state index in [4.69, 9.17) is 16.3 Å². The third-order valence-corrected chi connectivity index (χ3v) is 3.63. The summed E-state index contributed by atoms with van der Waals surface area (Å²) in [6, 6.07) is 18.1. The predicted octanol–water partition coefficient (Wildman–Crippen LogP) is 4.57. The molecule has 0 radical (unpaired) electrons. The molecule has 4 nitrogen and oxygen atoms in total. The van der Waals surface area contributed by atoms with Gasteiger partial charge in [0, 0.05) is 28.7 Å². The van der Waals surface area contributed by atoms with Gasteiger partial charge in [0.15, 0.2) is 0 Å². The number of nitrogens with zero attached hydrogens (tertiary/aromatic N) is 1. The number of carbonyl (C=O) groups excluding carboxylic acids is 1. The van der Waals surface area contributed by atoms with Crippen LogP contribution in [0, 0.1) is 0 Å². The third kappa shape index (κ3) is 4.33. The zero-order valence-corrected chi connectivity index (χ0v) is 13.5. The van der Waals surface area contributed by atoms with E-state index in [2.05, 4.69) is 10.3 Å². The highest BCUT2D eigenvalue weighted by molar-refractivity contribution is 6.30. The van der Waals surface area contributed by atoms with Crippen LogP contribution < -0.4 is 10.1 Å². The Morgan fingerprint density at radius 3 is 2.29 bits per heavy atom. The zero-order valence-electron chi connectivity index (χ0n) is 12.8. The second-order valence-corrected chi connectivity index (χ2v) is 5.57. The van der Waals surface area contributed by atoms with Crippen molar-refractivity contribution in [1.29, 1.82) is 0 Å². The number of anilines is 1. The summed E-state index contributed by atoms with van der Waals surface area (Å²) in [7, 11) is 0. The first-order chi connectivity index (χ1) is 11.7. The van der Waals surface area contributed by atoms with E-state index in [1.807, 2.05) is 36.4 Å². The molecule has 3 aromatic rings. The first kappa shape index (κ1) is 16.0. The lowest BCUT2D eigenvalue weighted by Crippen LogP contribution is -2.11. The van der Waals surface area contributed by atoms with Crippen LogP contribution in [-0.4, -0.2) is 10.9 Å². The molecule has 120 valence electrons. The van der Waals surface area contributed by atoms with E-state index in [-0.39, 0.29) is 5.91 Å². The van der Waals surface area contributed by atoms with Gasteiger partial charge in [-0.25, -0.2) is 0 Å². The van der Waals surface area contributed by atoms with Crippen LogP contribution in [0.5, 0.6) is 5.75 Å². The fourth-order valence-corrected chi connectivity index (χ4v) is 2.21. The third-order valence-electron chi connectivity index (χ3n) is 3.37. The van der Waals surface area contributed by atoms with E-state index < -0.39 is 0 Å². The van der Waals surface area contributed by atoms with Crippen LogP contribution in [0.15, 0.2) is 73.1 Å². The minimum atomic E-state index is -0.174. The molecule has 1 heterocycles. The number of ether oxygens (including phenoxy) is 1. The first-order valence-corrected chi connectivity index (χ1v) is 7.77. The lowest BCUT2D eigenvalue weighted by molar-refractivity contribution is 0.102. The van der Waals surface area contributed by atoms with Gasteiger partial charge < -0.3 is 10.1 Å². The molecule has 0 bridgehead atoms. The lowest BCUT2D eigenvalue weighted by atomic mass is 10.2. The molecule has 0 saturated heterocycles. The molecule has 24 heavy (non-hydrogen) atoms. The van der Waals surface area contributed by atoms with Crippen LogP contribution in [0.4, 0.5) is 5.69 Å². The van der Waals surface area contributed by atoms with Crippen molar-refractivity contribution in [3.05, 3.63) is 89.2 Å². The van der Waals surface area contributed by atoms with E-state index >= 15 is 0 Å². The van der Waals surface area contributed by atoms with E-state index in [1.54, 1.807) is 36.7 Å².